The highest BCUT2D eigenvalue weighted by atomic mass is 16.3. The first-order valence-electron chi connectivity index (χ1n) is 4.70. The molecule has 0 heterocycles. The average molecular weight is 192 g/mol. The largest absolute Gasteiger partial charge is 0.388 e. The maximum atomic E-state index is 11.5. The van der Waals surface area contributed by atoms with E-state index in [4.69, 9.17) is 0 Å². The number of aliphatic hydroxyl groups is 1. The molecular weight excluding hydrogens is 180 g/mol. The molecule has 2 aliphatic rings. The molecule has 14 heavy (non-hydrogen) atoms. The molecule has 0 fully saturated rings. The molecule has 0 spiro atoms. The second-order valence-electron chi connectivity index (χ2n) is 3.98. The Kier molecular flexibility index (Phi) is 2.11. The van der Waals surface area contributed by atoms with Gasteiger partial charge in [-0.2, -0.15) is 0 Å². The van der Waals surface area contributed by atoms with E-state index in [1.54, 1.807) is 6.08 Å². The highest BCUT2D eigenvalue weighted by molar-refractivity contribution is 6.07. The van der Waals surface area contributed by atoms with Crippen LogP contribution in [-0.4, -0.2) is 22.8 Å². The lowest BCUT2D eigenvalue weighted by molar-refractivity contribution is -0.132. The monoisotopic (exact) mass is 192 g/mol. The maximum absolute atomic E-state index is 11.5. The molecule has 2 rings (SSSR count). The van der Waals surface area contributed by atoms with Crippen LogP contribution in [0.2, 0.25) is 0 Å². The van der Waals surface area contributed by atoms with E-state index in [2.05, 4.69) is 0 Å². The lowest BCUT2D eigenvalue weighted by Crippen LogP contribution is -2.41. The van der Waals surface area contributed by atoms with E-state index < -0.39 is 12.0 Å². The zero-order valence-corrected chi connectivity index (χ0v) is 7.93. The minimum Gasteiger partial charge on any atom is -0.388 e. The number of carbonyl (C=O) groups is 2. The van der Waals surface area contributed by atoms with Crippen molar-refractivity contribution in [3.8, 4) is 0 Å². The summed E-state index contributed by atoms with van der Waals surface area (Å²) >= 11 is 0. The first-order valence-corrected chi connectivity index (χ1v) is 4.70. The number of aliphatic hydroxyl groups excluding tert-OH is 1. The number of ketones is 2. The van der Waals surface area contributed by atoms with Crippen molar-refractivity contribution in [2.24, 2.45) is 11.8 Å². The molecule has 0 aromatic carbocycles. The number of fused-ring (bicyclic) bond motifs is 1. The van der Waals surface area contributed by atoms with Gasteiger partial charge in [0.05, 0.1) is 12.0 Å². The molecule has 3 heteroatoms. The van der Waals surface area contributed by atoms with Gasteiger partial charge in [-0.15, -0.1) is 0 Å². The molecule has 3 unspecified atom stereocenters. The Labute approximate surface area is 82.1 Å². The van der Waals surface area contributed by atoms with Gasteiger partial charge >= 0.3 is 0 Å². The third kappa shape index (κ3) is 1.34. The van der Waals surface area contributed by atoms with Gasteiger partial charge in [0.15, 0.2) is 11.6 Å². The topological polar surface area (TPSA) is 54.4 Å². The fraction of sp³-hybridized carbons (Fsp3) is 0.455. The molecule has 0 aromatic heterocycles. The van der Waals surface area contributed by atoms with Crippen LogP contribution in [0, 0.1) is 11.8 Å². The summed E-state index contributed by atoms with van der Waals surface area (Å²) in [6, 6.07) is 0. The van der Waals surface area contributed by atoms with E-state index >= 15 is 0 Å². The Morgan fingerprint density at radius 3 is 2.64 bits per heavy atom. The molecule has 1 N–H and O–H groups in total. The van der Waals surface area contributed by atoms with Crippen molar-refractivity contribution < 1.29 is 14.7 Å². The van der Waals surface area contributed by atoms with Gasteiger partial charge in [0, 0.05) is 5.92 Å². The summed E-state index contributed by atoms with van der Waals surface area (Å²) in [7, 11) is 0. The Morgan fingerprint density at radius 1 is 1.29 bits per heavy atom. The van der Waals surface area contributed by atoms with Gasteiger partial charge in [-0.25, -0.2) is 0 Å². The fourth-order valence-electron chi connectivity index (χ4n) is 2.22. The molecule has 74 valence electrons. The van der Waals surface area contributed by atoms with E-state index in [0.717, 1.165) is 5.57 Å². The molecule has 3 nitrogen and oxygen atoms in total. The molecule has 3 atom stereocenters. The minimum absolute atomic E-state index is 0.0406. The van der Waals surface area contributed by atoms with E-state index in [1.807, 2.05) is 6.92 Å². The van der Waals surface area contributed by atoms with E-state index in [0.29, 0.717) is 6.42 Å². The molecule has 0 bridgehead atoms. The summed E-state index contributed by atoms with van der Waals surface area (Å²) in [6.45, 7) is 1.87. The third-order valence-corrected chi connectivity index (χ3v) is 2.90. The fourth-order valence-corrected chi connectivity index (χ4v) is 2.22. The second-order valence-corrected chi connectivity index (χ2v) is 3.98. The van der Waals surface area contributed by atoms with Crippen LogP contribution in [0.5, 0.6) is 0 Å². The van der Waals surface area contributed by atoms with Gasteiger partial charge in [-0.05, 0) is 25.5 Å². The zero-order valence-electron chi connectivity index (χ0n) is 7.93. The second kappa shape index (κ2) is 3.17. The normalized spacial score (nSPS) is 36.7. The van der Waals surface area contributed by atoms with E-state index in [9.17, 15) is 14.7 Å². The van der Waals surface area contributed by atoms with Crippen LogP contribution in [0.1, 0.15) is 13.3 Å². The number of rotatable bonds is 0. The molecule has 0 radical (unpaired) electrons. The van der Waals surface area contributed by atoms with Crippen molar-refractivity contribution >= 4 is 11.6 Å². The van der Waals surface area contributed by atoms with Crippen molar-refractivity contribution in [2.45, 2.75) is 19.4 Å². The highest BCUT2D eigenvalue weighted by Crippen LogP contribution is 2.33. The van der Waals surface area contributed by atoms with Crippen LogP contribution < -0.4 is 0 Å². The summed E-state index contributed by atoms with van der Waals surface area (Å²) in [5.74, 6) is -1.06. The van der Waals surface area contributed by atoms with Crippen LogP contribution in [0.4, 0.5) is 0 Å². The third-order valence-electron chi connectivity index (χ3n) is 2.90. The van der Waals surface area contributed by atoms with E-state index in [-0.39, 0.29) is 17.5 Å². The first-order chi connectivity index (χ1) is 6.59. The quantitative estimate of drug-likeness (QED) is 0.573. The van der Waals surface area contributed by atoms with Crippen molar-refractivity contribution in [3.05, 3.63) is 23.8 Å². The standard InChI is InChI=1S/C11H12O3/c1-6-4-7-8(12)2-3-9(13)11(7)10(14)5-6/h2-3,5,7,10-11,14H,4H2,1H3. The number of hydrogen-bond donors (Lipinski definition) is 1. The Balaban J connectivity index is 2.39. The SMILES string of the molecule is CC1=CC(O)C2C(=O)C=CC(=O)C2C1. The van der Waals surface area contributed by atoms with E-state index in [1.165, 1.54) is 12.2 Å². The Morgan fingerprint density at radius 2 is 1.93 bits per heavy atom. The maximum Gasteiger partial charge on any atom is 0.162 e. The lowest BCUT2D eigenvalue weighted by atomic mass is 9.71. The van der Waals surface area contributed by atoms with Gasteiger partial charge < -0.3 is 5.11 Å². The van der Waals surface area contributed by atoms with Crippen LogP contribution in [-0.2, 0) is 9.59 Å². The lowest BCUT2D eigenvalue weighted by Gasteiger charge is -2.32. The molecule has 0 amide bonds. The number of carbonyl (C=O) groups excluding carboxylic acids is 2. The number of allylic oxidation sites excluding steroid dienone is 3. The molecular formula is C11H12O3. The van der Waals surface area contributed by atoms with Crippen molar-refractivity contribution in [2.75, 3.05) is 0 Å². The predicted octanol–water partition coefficient (Wildman–Crippen LogP) is 0.638. The van der Waals surface area contributed by atoms with Crippen LogP contribution >= 0.6 is 0 Å². The van der Waals surface area contributed by atoms with Crippen molar-refractivity contribution in [1.82, 2.24) is 0 Å². The molecule has 0 saturated carbocycles. The van der Waals surface area contributed by atoms with Gasteiger partial charge in [-0.3, -0.25) is 9.59 Å². The molecule has 0 aliphatic heterocycles. The van der Waals surface area contributed by atoms with Crippen LogP contribution in [0.15, 0.2) is 23.8 Å². The van der Waals surface area contributed by atoms with Crippen molar-refractivity contribution in [1.29, 1.82) is 0 Å². The van der Waals surface area contributed by atoms with Gasteiger partial charge in [0.25, 0.3) is 0 Å². The summed E-state index contributed by atoms with van der Waals surface area (Å²) < 4.78 is 0. The summed E-state index contributed by atoms with van der Waals surface area (Å²) in [6.07, 6.45) is 4.08. The average Bonchev–Trinajstić information content (AvgIpc) is 2.10. The number of hydrogen-bond acceptors (Lipinski definition) is 3. The van der Waals surface area contributed by atoms with Crippen LogP contribution in [0.25, 0.3) is 0 Å². The molecule has 2 aliphatic carbocycles. The molecule has 0 saturated heterocycles. The van der Waals surface area contributed by atoms with Crippen LogP contribution in [0.3, 0.4) is 0 Å². The van der Waals surface area contributed by atoms with Gasteiger partial charge in [0.2, 0.25) is 0 Å². The smallest absolute Gasteiger partial charge is 0.162 e. The molecule has 0 aromatic rings. The van der Waals surface area contributed by atoms with Gasteiger partial charge in [0.1, 0.15) is 0 Å². The summed E-state index contributed by atoms with van der Waals surface area (Å²) in [5, 5.41) is 9.68. The Bertz CT molecular complexity index is 352. The minimum atomic E-state index is -0.796. The summed E-state index contributed by atoms with van der Waals surface area (Å²) in [4.78, 5) is 23.0. The van der Waals surface area contributed by atoms with Gasteiger partial charge in [-0.1, -0.05) is 11.6 Å². The summed E-state index contributed by atoms with van der Waals surface area (Å²) in [5.41, 5.74) is 0.982. The Hall–Kier alpha value is -1.22. The first kappa shape index (κ1) is 9.34. The zero-order chi connectivity index (χ0) is 10.3. The predicted molar refractivity (Wildman–Crippen MR) is 50.5 cm³/mol. The highest BCUT2D eigenvalue weighted by Gasteiger charge is 2.40. The van der Waals surface area contributed by atoms with Crippen molar-refractivity contribution in [3.63, 3.8) is 0 Å².